The molecule has 0 unspecified atom stereocenters. The third-order valence-corrected chi connectivity index (χ3v) is 11.4. The van der Waals surface area contributed by atoms with Gasteiger partial charge in [-0.1, -0.05) is 97.1 Å². The Bertz CT molecular complexity index is 3110. The van der Waals surface area contributed by atoms with Gasteiger partial charge in [-0.25, -0.2) is 9.97 Å². The molecule has 238 valence electrons. The molecule has 5 aromatic heterocycles. The molecule has 51 heavy (non-hydrogen) atoms. The number of rotatable bonds is 4. The zero-order valence-corrected chi connectivity index (χ0v) is 28.2. The molecule has 0 aliphatic heterocycles. The Morgan fingerprint density at radius 3 is 2.04 bits per heavy atom. The van der Waals surface area contributed by atoms with Crippen LogP contribution in [0.4, 0.5) is 0 Å². The summed E-state index contributed by atoms with van der Waals surface area (Å²) >= 11 is 1.86. The summed E-state index contributed by atoms with van der Waals surface area (Å²) in [6, 6.07) is 58.6. The molecule has 0 radical (unpaired) electrons. The lowest BCUT2D eigenvalue weighted by molar-refractivity contribution is 1.08. The van der Waals surface area contributed by atoms with Gasteiger partial charge in [-0.05, 0) is 77.9 Å². The van der Waals surface area contributed by atoms with Crippen LogP contribution in [0.3, 0.4) is 0 Å². The maximum absolute atomic E-state index is 5.32. The highest BCUT2D eigenvalue weighted by molar-refractivity contribution is 7.26. The molecule has 5 heteroatoms. The number of thiophene rings is 1. The van der Waals surface area contributed by atoms with Crippen LogP contribution in [0.5, 0.6) is 0 Å². The summed E-state index contributed by atoms with van der Waals surface area (Å²) in [6.45, 7) is 0. The molecule has 11 rings (SSSR count). The van der Waals surface area contributed by atoms with Crippen molar-refractivity contribution in [2.45, 2.75) is 0 Å². The second kappa shape index (κ2) is 11.0. The van der Waals surface area contributed by atoms with E-state index in [1.807, 2.05) is 23.6 Å². The maximum Gasteiger partial charge on any atom is 0.145 e. The molecule has 0 atom stereocenters. The molecule has 6 aromatic carbocycles. The first-order chi connectivity index (χ1) is 25.3. The van der Waals surface area contributed by atoms with Crippen molar-refractivity contribution in [3.63, 3.8) is 0 Å². The lowest BCUT2D eigenvalue weighted by Crippen LogP contribution is -1.99. The Hall–Kier alpha value is -6.56. The van der Waals surface area contributed by atoms with Crippen LogP contribution in [0.25, 0.3) is 97.8 Å². The minimum Gasteiger partial charge on any atom is -0.294 e. The summed E-state index contributed by atoms with van der Waals surface area (Å²) in [4.78, 5) is 10.1. The van der Waals surface area contributed by atoms with E-state index in [4.69, 9.17) is 9.97 Å². The van der Waals surface area contributed by atoms with Gasteiger partial charge in [-0.2, -0.15) is 0 Å². The Morgan fingerprint density at radius 1 is 0.451 bits per heavy atom. The largest absolute Gasteiger partial charge is 0.294 e. The zero-order valence-electron chi connectivity index (χ0n) is 27.4. The number of pyridine rings is 2. The summed E-state index contributed by atoms with van der Waals surface area (Å²) < 4.78 is 7.21. The second-order valence-corrected chi connectivity index (χ2v) is 14.1. The van der Waals surface area contributed by atoms with Crippen molar-refractivity contribution in [1.82, 2.24) is 19.1 Å². The van der Waals surface area contributed by atoms with Gasteiger partial charge >= 0.3 is 0 Å². The van der Waals surface area contributed by atoms with Gasteiger partial charge in [-0.3, -0.25) is 9.13 Å². The first-order valence-corrected chi connectivity index (χ1v) is 18.0. The molecule has 0 N–H and O–H groups in total. The lowest BCUT2D eigenvalue weighted by Gasteiger charge is -2.11. The predicted molar refractivity (Wildman–Crippen MR) is 214 cm³/mol. The molecular weight excluding hydrogens is 641 g/mol. The van der Waals surface area contributed by atoms with Crippen LogP contribution >= 0.6 is 11.3 Å². The summed E-state index contributed by atoms with van der Waals surface area (Å²) in [5.41, 5.74) is 9.91. The minimum absolute atomic E-state index is 0.891. The number of para-hydroxylation sites is 2. The van der Waals surface area contributed by atoms with E-state index in [0.29, 0.717) is 0 Å². The fourth-order valence-electron chi connectivity index (χ4n) is 7.93. The van der Waals surface area contributed by atoms with Crippen LogP contribution in [0.2, 0.25) is 0 Å². The molecule has 0 aliphatic carbocycles. The predicted octanol–water partition coefficient (Wildman–Crippen LogP) is 12.4. The van der Waals surface area contributed by atoms with Crippen LogP contribution in [-0.4, -0.2) is 19.1 Å². The smallest absolute Gasteiger partial charge is 0.145 e. The molecule has 0 spiro atoms. The van der Waals surface area contributed by atoms with Crippen molar-refractivity contribution >= 4 is 75.3 Å². The van der Waals surface area contributed by atoms with Gasteiger partial charge in [-0.15, -0.1) is 11.3 Å². The van der Waals surface area contributed by atoms with Crippen LogP contribution in [-0.2, 0) is 0 Å². The van der Waals surface area contributed by atoms with Gasteiger partial charge < -0.3 is 0 Å². The van der Waals surface area contributed by atoms with Crippen LogP contribution in [0.1, 0.15) is 0 Å². The van der Waals surface area contributed by atoms with Crippen LogP contribution in [0.15, 0.2) is 170 Å². The van der Waals surface area contributed by atoms with Crippen molar-refractivity contribution in [2.75, 3.05) is 0 Å². The first-order valence-electron chi connectivity index (χ1n) is 17.2. The van der Waals surface area contributed by atoms with Gasteiger partial charge in [0, 0.05) is 59.2 Å². The third-order valence-electron chi connectivity index (χ3n) is 10.2. The van der Waals surface area contributed by atoms with E-state index in [2.05, 4.69) is 167 Å². The molecule has 11 aromatic rings. The number of nitrogens with zero attached hydrogens (tertiary/aromatic N) is 4. The summed E-state index contributed by atoms with van der Waals surface area (Å²) in [6.07, 6.45) is 1.88. The highest BCUT2D eigenvalue weighted by atomic mass is 32.1. The monoisotopic (exact) mass is 668 g/mol. The molecule has 0 saturated carbocycles. The third kappa shape index (κ3) is 4.25. The average molecular weight is 669 g/mol. The van der Waals surface area contributed by atoms with Crippen molar-refractivity contribution in [3.8, 4) is 33.9 Å². The molecular formula is C46H28N4S. The molecule has 5 heterocycles. The molecule has 0 amide bonds. The quantitative estimate of drug-likeness (QED) is 0.187. The van der Waals surface area contributed by atoms with Gasteiger partial charge in [0.25, 0.3) is 0 Å². The number of benzene rings is 6. The molecule has 4 nitrogen and oxygen atoms in total. The fourth-order valence-corrected chi connectivity index (χ4v) is 9.17. The summed E-state index contributed by atoms with van der Waals surface area (Å²) in [5.74, 6) is 0.891. The standard InChI is InChI=1S/C46H28N4S/c1-4-20-40-33(13-1)37-18-10-26-47-46(37)49(40)31-24-25-42-38(28-31)34-14-2-5-21-41(34)50(42)44-23-9-19-39(48-44)30-12-7-11-29(27-30)32-16-8-17-36-35-15-3-6-22-43(35)51-45(32)36/h1-28H. The van der Waals surface area contributed by atoms with Crippen LogP contribution in [0, 0.1) is 0 Å². The SMILES string of the molecule is c1cc(-c2cccc(-n3c4ccccc4c4cc(-n5c6ccccc6c6cccnc65)ccc43)n2)cc(-c2cccc3c2sc2ccccc23)c1. The zero-order chi connectivity index (χ0) is 33.5. The Kier molecular flexibility index (Phi) is 6.09. The highest BCUT2D eigenvalue weighted by Gasteiger charge is 2.18. The normalized spacial score (nSPS) is 11.9. The van der Waals surface area contributed by atoms with Crippen molar-refractivity contribution in [1.29, 1.82) is 0 Å². The molecule has 0 bridgehead atoms. The first kappa shape index (κ1) is 28.3. The summed E-state index contributed by atoms with van der Waals surface area (Å²) in [5, 5.41) is 7.34. The van der Waals surface area contributed by atoms with E-state index >= 15 is 0 Å². The van der Waals surface area contributed by atoms with Gasteiger partial charge in [0.05, 0.1) is 22.2 Å². The van der Waals surface area contributed by atoms with Crippen LogP contribution < -0.4 is 0 Å². The number of aromatic nitrogens is 4. The average Bonchev–Trinajstić information content (AvgIpc) is 3.86. The molecule has 0 fully saturated rings. The molecule has 0 saturated heterocycles. The van der Waals surface area contributed by atoms with Crippen molar-refractivity contribution in [2.24, 2.45) is 0 Å². The van der Waals surface area contributed by atoms with Crippen molar-refractivity contribution < 1.29 is 0 Å². The Morgan fingerprint density at radius 2 is 1.14 bits per heavy atom. The van der Waals surface area contributed by atoms with E-state index in [0.717, 1.165) is 50.3 Å². The lowest BCUT2D eigenvalue weighted by atomic mass is 9.99. The topological polar surface area (TPSA) is 35.6 Å². The van der Waals surface area contributed by atoms with E-state index in [9.17, 15) is 0 Å². The van der Waals surface area contributed by atoms with E-state index in [-0.39, 0.29) is 0 Å². The number of hydrogen-bond donors (Lipinski definition) is 0. The minimum atomic E-state index is 0.891. The van der Waals surface area contributed by atoms with E-state index in [1.54, 1.807) is 0 Å². The summed E-state index contributed by atoms with van der Waals surface area (Å²) in [7, 11) is 0. The van der Waals surface area contributed by atoms with Gasteiger partial charge in [0.2, 0.25) is 0 Å². The fraction of sp³-hybridized carbons (Fsp3) is 0. The second-order valence-electron chi connectivity index (χ2n) is 13.0. The molecule has 0 aliphatic rings. The maximum atomic E-state index is 5.32. The van der Waals surface area contributed by atoms with Gasteiger partial charge in [0.1, 0.15) is 11.5 Å². The number of fused-ring (bicyclic) bond motifs is 9. The van der Waals surface area contributed by atoms with Crippen molar-refractivity contribution in [3.05, 3.63) is 170 Å². The van der Waals surface area contributed by atoms with E-state index < -0.39 is 0 Å². The van der Waals surface area contributed by atoms with Gasteiger partial charge in [0.15, 0.2) is 0 Å². The Balaban J connectivity index is 1.06. The van der Waals surface area contributed by atoms with E-state index in [1.165, 1.54) is 47.5 Å². The number of hydrogen-bond acceptors (Lipinski definition) is 3. The highest BCUT2D eigenvalue weighted by Crippen LogP contribution is 2.41. The Labute approximate surface area is 297 Å².